The van der Waals surface area contributed by atoms with Crippen molar-refractivity contribution in [2.45, 2.75) is 31.7 Å². The lowest BCUT2D eigenvalue weighted by atomic mass is 10.2. The average Bonchev–Trinajstić information content (AvgIpc) is 2.47. The molecule has 0 aromatic carbocycles. The third kappa shape index (κ3) is 1.13. The van der Waals surface area contributed by atoms with Crippen molar-refractivity contribution < 1.29 is 0 Å². The summed E-state index contributed by atoms with van der Waals surface area (Å²) in [6.07, 6.45) is 3.53. The van der Waals surface area contributed by atoms with Crippen molar-refractivity contribution in [3.05, 3.63) is 11.6 Å². The molecule has 2 rings (SSSR count). The average molecular weight is 172 g/mol. The van der Waals surface area contributed by atoms with E-state index in [-0.39, 0.29) is 0 Å². The van der Waals surface area contributed by atoms with Crippen molar-refractivity contribution >= 4 is 11.6 Å². The molecular formula is C7H10ClN3. The minimum absolute atomic E-state index is 0.479. The van der Waals surface area contributed by atoms with Gasteiger partial charge in [-0.25, -0.2) is 0 Å². The Kier molecular flexibility index (Phi) is 1.82. The standard InChI is InChI=1S/C7H10ClN3/c8-5-7-10-9-6-3-1-2-4-11(6)7/h1-5H2. The Morgan fingerprint density at radius 1 is 1.36 bits per heavy atom. The number of hydrogen-bond acceptors (Lipinski definition) is 2. The summed E-state index contributed by atoms with van der Waals surface area (Å²) in [5.74, 6) is 2.50. The zero-order valence-electron chi connectivity index (χ0n) is 6.26. The van der Waals surface area contributed by atoms with Crippen LogP contribution < -0.4 is 0 Å². The van der Waals surface area contributed by atoms with Gasteiger partial charge in [-0.3, -0.25) is 0 Å². The normalized spacial score (nSPS) is 16.5. The highest BCUT2D eigenvalue weighted by Gasteiger charge is 2.13. The fourth-order valence-corrected chi connectivity index (χ4v) is 1.67. The minimum atomic E-state index is 0.479. The molecule has 0 N–H and O–H groups in total. The second-order valence-corrected chi connectivity index (χ2v) is 3.04. The predicted octanol–water partition coefficient (Wildman–Crippen LogP) is 1.35. The van der Waals surface area contributed by atoms with Crippen LogP contribution in [0.2, 0.25) is 0 Å². The SMILES string of the molecule is ClCc1nnc2n1CCCC2. The number of rotatable bonds is 1. The van der Waals surface area contributed by atoms with Crippen LogP contribution >= 0.6 is 11.6 Å². The number of alkyl halides is 1. The summed E-state index contributed by atoms with van der Waals surface area (Å²) in [4.78, 5) is 0. The number of halogens is 1. The molecule has 1 aromatic heterocycles. The highest BCUT2D eigenvalue weighted by molar-refractivity contribution is 6.16. The van der Waals surface area contributed by atoms with E-state index >= 15 is 0 Å². The maximum absolute atomic E-state index is 5.68. The van der Waals surface area contributed by atoms with Gasteiger partial charge in [0.2, 0.25) is 0 Å². The van der Waals surface area contributed by atoms with Gasteiger partial charge < -0.3 is 4.57 Å². The van der Waals surface area contributed by atoms with Crippen molar-refractivity contribution in [3.8, 4) is 0 Å². The Labute approximate surface area is 70.4 Å². The van der Waals surface area contributed by atoms with E-state index in [0.29, 0.717) is 5.88 Å². The zero-order valence-corrected chi connectivity index (χ0v) is 7.01. The molecule has 0 fully saturated rings. The first-order chi connectivity index (χ1) is 5.42. The van der Waals surface area contributed by atoms with Crippen LogP contribution in [0.5, 0.6) is 0 Å². The molecule has 0 radical (unpaired) electrons. The van der Waals surface area contributed by atoms with Crippen molar-refractivity contribution in [3.63, 3.8) is 0 Å². The summed E-state index contributed by atoms with van der Waals surface area (Å²) in [5, 5.41) is 8.05. The first kappa shape index (κ1) is 7.10. The van der Waals surface area contributed by atoms with Gasteiger partial charge in [0.1, 0.15) is 11.6 Å². The molecule has 0 spiro atoms. The first-order valence-corrected chi connectivity index (χ1v) is 4.42. The Hall–Kier alpha value is -0.570. The topological polar surface area (TPSA) is 30.7 Å². The van der Waals surface area contributed by atoms with Gasteiger partial charge in [0, 0.05) is 13.0 Å². The van der Waals surface area contributed by atoms with Gasteiger partial charge in [-0.1, -0.05) is 0 Å². The quantitative estimate of drug-likeness (QED) is 0.598. The number of aromatic nitrogens is 3. The third-order valence-corrected chi connectivity index (χ3v) is 2.29. The Balaban J connectivity index is 2.38. The van der Waals surface area contributed by atoms with Crippen molar-refractivity contribution in [2.24, 2.45) is 0 Å². The van der Waals surface area contributed by atoms with E-state index < -0.39 is 0 Å². The largest absolute Gasteiger partial charge is 0.314 e. The van der Waals surface area contributed by atoms with Crippen LogP contribution in [0.3, 0.4) is 0 Å². The van der Waals surface area contributed by atoms with E-state index in [1.165, 1.54) is 12.8 Å². The molecule has 0 amide bonds. The van der Waals surface area contributed by atoms with Crippen LogP contribution in [0, 0.1) is 0 Å². The summed E-state index contributed by atoms with van der Waals surface area (Å²) >= 11 is 5.68. The molecule has 0 unspecified atom stereocenters. The molecule has 1 aliphatic rings. The summed E-state index contributed by atoms with van der Waals surface area (Å²) in [5.41, 5.74) is 0. The lowest BCUT2D eigenvalue weighted by Crippen LogP contribution is -2.12. The summed E-state index contributed by atoms with van der Waals surface area (Å²) in [6, 6.07) is 0. The van der Waals surface area contributed by atoms with Gasteiger partial charge in [-0.2, -0.15) is 0 Å². The molecule has 11 heavy (non-hydrogen) atoms. The lowest BCUT2D eigenvalue weighted by Gasteiger charge is -2.13. The van der Waals surface area contributed by atoms with Gasteiger partial charge in [0.05, 0.1) is 5.88 Å². The van der Waals surface area contributed by atoms with Crippen LogP contribution in [-0.4, -0.2) is 14.8 Å². The summed E-state index contributed by atoms with van der Waals surface area (Å²) in [7, 11) is 0. The Bertz CT molecular complexity index is 243. The van der Waals surface area contributed by atoms with Crippen LogP contribution in [-0.2, 0) is 18.8 Å². The number of fused-ring (bicyclic) bond motifs is 1. The van der Waals surface area contributed by atoms with Crippen LogP contribution in [0.1, 0.15) is 24.5 Å². The third-order valence-electron chi connectivity index (χ3n) is 2.06. The maximum Gasteiger partial charge on any atom is 0.147 e. The van der Waals surface area contributed by atoms with Gasteiger partial charge in [0.25, 0.3) is 0 Å². The van der Waals surface area contributed by atoms with Gasteiger partial charge >= 0.3 is 0 Å². The van der Waals surface area contributed by atoms with Crippen molar-refractivity contribution in [1.29, 1.82) is 0 Å². The highest BCUT2D eigenvalue weighted by Crippen LogP contribution is 2.14. The molecule has 2 heterocycles. The van der Waals surface area contributed by atoms with E-state index in [9.17, 15) is 0 Å². The molecule has 1 aliphatic heterocycles. The molecule has 0 aliphatic carbocycles. The maximum atomic E-state index is 5.68. The second kappa shape index (κ2) is 2.81. The van der Waals surface area contributed by atoms with E-state index in [2.05, 4.69) is 14.8 Å². The molecule has 1 aromatic rings. The molecule has 0 atom stereocenters. The molecule has 4 heteroatoms. The monoisotopic (exact) mass is 171 g/mol. The lowest BCUT2D eigenvalue weighted by molar-refractivity contribution is 0.513. The molecule has 0 bridgehead atoms. The van der Waals surface area contributed by atoms with Gasteiger partial charge in [-0.05, 0) is 12.8 Å². The molecule has 0 saturated carbocycles. The Morgan fingerprint density at radius 3 is 3.09 bits per heavy atom. The smallest absolute Gasteiger partial charge is 0.147 e. The van der Waals surface area contributed by atoms with Crippen LogP contribution in [0.4, 0.5) is 0 Å². The fourth-order valence-electron chi connectivity index (χ4n) is 1.47. The number of aryl methyl sites for hydroxylation is 1. The number of nitrogens with zero attached hydrogens (tertiary/aromatic N) is 3. The first-order valence-electron chi connectivity index (χ1n) is 3.89. The Morgan fingerprint density at radius 2 is 2.27 bits per heavy atom. The van der Waals surface area contributed by atoms with E-state index in [4.69, 9.17) is 11.6 Å². The predicted molar refractivity (Wildman–Crippen MR) is 42.5 cm³/mol. The molecular weight excluding hydrogens is 162 g/mol. The second-order valence-electron chi connectivity index (χ2n) is 2.77. The van der Waals surface area contributed by atoms with Crippen LogP contribution in [0.15, 0.2) is 0 Å². The van der Waals surface area contributed by atoms with Gasteiger partial charge in [0.15, 0.2) is 0 Å². The zero-order chi connectivity index (χ0) is 7.68. The molecule has 0 saturated heterocycles. The summed E-state index contributed by atoms with van der Waals surface area (Å²) < 4.78 is 2.14. The van der Waals surface area contributed by atoms with Gasteiger partial charge in [-0.15, -0.1) is 21.8 Å². The fraction of sp³-hybridized carbons (Fsp3) is 0.714. The molecule has 60 valence electrons. The summed E-state index contributed by atoms with van der Waals surface area (Å²) in [6.45, 7) is 1.05. The van der Waals surface area contributed by atoms with E-state index in [0.717, 1.165) is 24.6 Å². The van der Waals surface area contributed by atoms with E-state index in [1.807, 2.05) is 0 Å². The number of hydrogen-bond donors (Lipinski definition) is 0. The molecule has 3 nitrogen and oxygen atoms in total. The van der Waals surface area contributed by atoms with Crippen molar-refractivity contribution in [2.75, 3.05) is 0 Å². The minimum Gasteiger partial charge on any atom is -0.314 e. The van der Waals surface area contributed by atoms with Crippen molar-refractivity contribution in [1.82, 2.24) is 14.8 Å². The van der Waals surface area contributed by atoms with Crippen LogP contribution in [0.25, 0.3) is 0 Å². The highest BCUT2D eigenvalue weighted by atomic mass is 35.5. The van der Waals surface area contributed by atoms with E-state index in [1.54, 1.807) is 0 Å².